The van der Waals surface area contributed by atoms with E-state index in [1.807, 2.05) is 19.1 Å². The first-order chi connectivity index (χ1) is 24.0. The Hall–Kier alpha value is -3.41. The molecule has 7 rings (SSSR count). The van der Waals surface area contributed by atoms with Crippen molar-refractivity contribution in [3.63, 3.8) is 0 Å². The molecular formula is C40H54N4O6S. The van der Waals surface area contributed by atoms with Crippen LogP contribution in [0.15, 0.2) is 36.4 Å². The summed E-state index contributed by atoms with van der Waals surface area (Å²) >= 11 is 0. The van der Waals surface area contributed by atoms with E-state index in [4.69, 9.17) is 4.74 Å². The zero-order valence-electron chi connectivity index (χ0n) is 31.3. The lowest BCUT2D eigenvalue weighted by Crippen LogP contribution is -2.54. The first kappa shape index (κ1) is 36.0. The molecule has 4 aliphatic rings. The van der Waals surface area contributed by atoms with Crippen molar-refractivity contribution in [2.75, 3.05) is 21.2 Å². The Balaban J connectivity index is 1.41. The SMILES string of the molecule is COc1ccc2c(c1)[C@H](C)[C@@](C)(C(=O)N[C@@H]1C3CCC(C)([C@@H]1O)C3(C)C)Cn1c-2c(C2CCCCC2)c2ccc(C(=O)NS(=O)(=O)N(C)C)cc21. The van der Waals surface area contributed by atoms with Crippen LogP contribution in [0.1, 0.15) is 113 Å². The smallest absolute Gasteiger partial charge is 0.303 e. The van der Waals surface area contributed by atoms with Crippen LogP contribution in [0.3, 0.4) is 0 Å². The zero-order valence-corrected chi connectivity index (χ0v) is 32.1. The van der Waals surface area contributed by atoms with E-state index in [1.165, 1.54) is 26.1 Å². The zero-order chi connectivity index (χ0) is 36.8. The monoisotopic (exact) mass is 718 g/mol. The van der Waals surface area contributed by atoms with Crippen LogP contribution in [0.4, 0.5) is 0 Å². The summed E-state index contributed by atoms with van der Waals surface area (Å²) in [6.45, 7) is 11.1. The van der Waals surface area contributed by atoms with Gasteiger partial charge in [0.15, 0.2) is 0 Å². The highest BCUT2D eigenvalue weighted by Gasteiger charge is 2.66. The first-order valence-electron chi connectivity index (χ1n) is 18.5. The van der Waals surface area contributed by atoms with Gasteiger partial charge in [0, 0.05) is 48.1 Å². The molecule has 2 amide bonds. The van der Waals surface area contributed by atoms with Crippen LogP contribution in [-0.2, 0) is 21.5 Å². The quantitative estimate of drug-likeness (QED) is 0.262. The second kappa shape index (κ2) is 12.3. The van der Waals surface area contributed by atoms with Crippen LogP contribution in [0.2, 0.25) is 0 Å². The highest BCUT2D eigenvalue weighted by Crippen LogP contribution is 2.65. The number of carbonyl (C=O) groups excluding carboxylic acids is 2. The first-order valence-corrected chi connectivity index (χ1v) is 20.0. The van der Waals surface area contributed by atoms with Crippen molar-refractivity contribution in [3.8, 4) is 17.0 Å². The van der Waals surface area contributed by atoms with E-state index in [-0.39, 0.29) is 40.2 Å². The molecular weight excluding hydrogens is 665 g/mol. The minimum Gasteiger partial charge on any atom is -0.497 e. The average Bonchev–Trinajstić information content (AvgIpc) is 3.56. The Morgan fingerprint density at radius 2 is 1.71 bits per heavy atom. The van der Waals surface area contributed by atoms with Crippen molar-refractivity contribution in [2.24, 2.45) is 22.2 Å². The Kier molecular flexibility index (Phi) is 8.70. The molecule has 0 radical (unpaired) electrons. The molecule has 10 nitrogen and oxygen atoms in total. The number of aromatic nitrogens is 1. The van der Waals surface area contributed by atoms with E-state index in [2.05, 4.69) is 54.4 Å². The summed E-state index contributed by atoms with van der Waals surface area (Å²) in [6.07, 6.45) is 6.80. The molecule has 2 bridgehead atoms. The van der Waals surface area contributed by atoms with Gasteiger partial charge in [-0.3, -0.25) is 9.59 Å². The maximum atomic E-state index is 15.0. The van der Waals surface area contributed by atoms with Crippen LogP contribution in [0.25, 0.3) is 22.2 Å². The summed E-state index contributed by atoms with van der Waals surface area (Å²) in [7, 11) is 0.393. The molecule has 2 aromatic carbocycles. The highest BCUT2D eigenvalue weighted by molar-refractivity contribution is 7.87. The minimum absolute atomic E-state index is 0.111. The molecule has 3 saturated carbocycles. The van der Waals surface area contributed by atoms with Gasteiger partial charge < -0.3 is 19.7 Å². The molecule has 3 aliphatic carbocycles. The number of aliphatic hydroxyl groups is 1. The predicted octanol–water partition coefficient (Wildman–Crippen LogP) is 6.33. The maximum absolute atomic E-state index is 15.0. The molecule has 2 heterocycles. The minimum atomic E-state index is -4.01. The van der Waals surface area contributed by atoms with Crippen molar-refractivity contribution in [3.05, 3.63) is 53.1 Å². The molecule has 276 valence electrons. The molecule has 2 unspecified atom stereocenters. The summed E-state index contributed by atoms with van der Waals surface area (Å²) in [5, 5.41) is 16.1. The molecule has 3 N–H and O–H groups in total. The van der Waals surface area contributed by atoms with Gasteiger partial charge in [0.2, 0.25) is 5.91 Å². The van der Waals surface area contributed by atoms with Crippen LogP contribution in [0.5, 0.6) is 5.75 Å². The number of benzene rings is 2. The number of ether oxygens (including phenoxy) is 1. The van der Waals surface area contributed by atoms with Crippen LogP contribution < -0.4 is 14.8 Å². The van der Waals surface area contributed by atoms with Gasteiger partial charge in [0.25, 0.3) is 5.91 Å². The fourth-order valence-electron chi connectivity index (χ4n) is 10.2. The lowest BCUT2D eigenvalue weighted by atomic mass is 9.70. The number of aliphatic hydroxyl groups excluding tert-OH is 1. The van der Waals surface area contributed by atoms with Crippen LogP contribution in [-0.4, -0.2) is 67.6 Å². The summed E-state index contributed by atoms with van der Waals surface area (Å²) in [6, 6.07) is 11.2. The number of hydrogen-bond donors (Lipinski definition) is 3. The molecule has 3 aromatic rings. The fourth-order valence-corrected chi connectivity index (χ4v) is 10.7. The molecule has 6 atom stereocenters. The number of hydrogen-bond acceptors (Lipinski definition) is 6. The normalized spacial score (nSPS) is 30.2. The average molecular weight is 719 g/mol. The molecule has 0 spiro atoms. The third kappa shape index (κ3) is 5.35. The number of methoxy groups -OCH3 is 1. The van der Waals surface area contributed by atoms with E-state index in [9.17, 15) is 23.1 Å². The second-order valence-electron chi connectivity index (χ2n) is 17.0. The fraction of sp³-hybridized carbons (Fsp3) is 0.600. The Morgan fingerprint density at radius 1 is 1.00 bits per heavy atom. The van der Waals surface area contributed by atoms with Gasteiger partial charge >= 0.3 is 10.2 Å². The molecule has 0 saturated heterocycles. The number of fused-ring (bicyclic) bond motifs is 7. The summed E-state index contributed by atoms with van der Waals surface area (Å²) in [4.78, 5) is 28.4. The van der Waals surface area contributed by atoms with Gasteiger partial charge in [0.1, 0.15) is 5.75 Å². The van der Waals surface area contributed by atoms with Gasteiger partial charge in [-0.2, -0.15) is 12.7 Å². The number of nitrogens with zero attached hydrogens (tertiary/aromatic N) is 2. The second-order valence-corrected chi connectivity index (χ2v) is 18.8. The lowest BCUT2D eigenvalue weighted by molar-refractivity contribution is -0.134. The van der Waals surface area contributed by atoms with Crippen molar-refractivity contribution in [1.82, 2.24) is 18.9 Å². The number of carbonyl (C=O) groups is 2. The van der Waals surface area contributed by atoms with E-state index in [0.29, 0.717) is 18.2 Å². The van der Waals surface area contributed by atoms with E-state index in [0.717, 1.165) is 70.6 Å². The molecule has 11 heteroatoms. The predicted molar refractivity (Wildman–Crippen MR) is 199 cm³/mol. The summed E-state index contributed by atoms with van der Waals surface area (Å²) in [5.41, 5.74) is 3.97. The van der Waals surface area contributed by atoms with Gasteiger partial charge in [-0.1, -0.05) is 53.0 Å². The molecule has 51 heavy (non-hydrogen) atoms. The lowest BCUT2D eigenvalue weighted by Gasteiger charge is -2.39. The van der Waals surface area contributed by atoms with E-state index in [1.54, 1.807) is 19.2 Å². The molecule has 1 aromatic heterocycles. The summed E-state index contributed by atoms with van der Waals surface area (Å²) in [5.74, 6) is 0.106. The van der Waals surface area contributed by atoms with Gasteiger partial charge in [-0.25, -0.2) is 4.72 Å². The van der Waals surface area contributed by atoms with Crippen molar-refractivity contribution >= 4 is 32.9 Å². The van der Waals surface area contributed by atoms with Crippen LogP contribution >= 0.6 is 0 Å². The van der Waals surface area contributed by atoms with E-state index < -0.39 is 27.6 Å². The Morgan fingerprint density at radius 3 is 2.33 bits per heavy atom. The third-order valence-electron chi connectivity index (χ3n) is 14.1. The molecule has 3 fully saturated rings. The number of rotatable bonds is 7. The van der Waals surface area contributed by atoms with Gasteiger partial charge in [-0.05, 0) is 97.2 Å². The van der Waals surface area contributed by atoms with Crippen molar-refractivity contribution < 1.29 is 27.9 Å². The topological polar surface area (TPSA) is 130 Å². The van der Waals surface area contributed by atoms with E-state index >= 15 is 0 Å². The largest absolute Gasteiger partial charge is 0.497 e. The van der Waals surface area contributed by atoms with Crippen molar-refractivity contribution in [2.45, 2.75) is 110 Å². The maximum Gasteiger partial charge on any atom is 0.303 e. The number of amides is 2. The van der Waals surface area contributed by atoms with Crippen molar-refractivity contribution in [1.29, 1.82) is 0 Å². The Labute approximate surface area is 302 Å². The number of nitrogens with one attached hydrogen (secondary N) is 2. The van der Waals surface area contributed by atoms with Gasteiger partial charge in [0.05, 0.1) is 30.4 Å². The summed E-state index contributed by atoms with van der Waals surface area (Å²) < 4.78 is 36.4. The van der Waals surface area contributed by atoms with Crippen LogP contribution in [0, 0.1) is 22.2 Å². The van der Waals surface area contributed by atoms with Gasteiger partial charge in [-0.15, -0.1) is 0 Å². The Bertz CT molecular complexity index is 2010. The molecule has 1 aliphatic heterocycles. The highest BCUT2D eigenvalue weighted by atomic mass is 32.2. The standard InChI is InChI=1S/C40H54N4O6S/c1-23-29-21-26(50-8)15-17-27(29)34-32(24-12-10-9-11-13-24)28-16-14-25(36(46)42-51(48,49)43(6)7)20-31(28)44(34)22-39(23,4)37(47)41-33-30-18-19-40(5,35(33)45)38(30,2)3/h14-17,20-21,23-24,30,33,35,45H,9-13,18-19,22H2,1-8H3,(H,41,47)(H,42,46)/t23-,30?,33+,35+,39-,40?/m0/s1. The third-order valence-corrected chi connectivity index (χ3v) is 15.5.